The molecule has 1 aromatic rings. The van der Waals surface area contributed by atoms with Crippen molar-refractivity contribution in [1.82, 2.24) is 0 Å². The molecule has 0 atom stereocenters. The minimum absolute atomic E-state index is 0.0622. The second kappa shape index (κ2) is 4.89. The Labute approximate surface area is 116 Å². The van der Waals surface area contributed by atoms with Crippen molar-refractivity contribution in [3.63, 3.8) is 0 Å². The van der Waals surface area contributed by atoms with Crippen LogP contribution >= 0.6 is 23.5 Å². The topological polar surface area (TPSA) is 40.5 Å². The van der Waals surface area contributed by atoms with Gasteiger partial charge in [-0.25, -0.2) is 0 Å². The van der Waals surface area contributed by atoms with Crippen LogP contribution in [0.3, 0.4) is 0 Å². The molecule has 0 amide bonds. The van der Waals surface area contributed by atoms with E-state index < -0.39 is 0 Å². The van der Waals surface area contributed by atoms with E-state index in [1.807, 2.05) is 35.7 Å². The molecule has 3 rings (SSSR count). The van der Waals surface area contributed by atoms with Crippen LogP contribution in [0.25, 0.3) is 0 Å². The molecule has 0 unspecified atom stereocenters. The highest BCUT2D eigenvalue weighted by atomic mass is 32.2. The number of rotatable bonds is 2. The summed E-state index contributed by atoms with van der Waals surface area (Å²) in [6.07, 6.45) is 5.18. The van der Waals surface area contributed by atoms with Gasteiger partial charge in [0, 0.05) is 17.6 Å². The zero-order chi connectivity index (χ0) is 12.6. The number of thioether (sulfide) groups is 2. The van der Waals surface area contributed by atoms with Crippen molar-refractivity contribution in [3.8, 4) is 11.5 Å². The molecule has 0 radical (unpaired) electrons. The molecule has 1 aromatic carbocycles. The second-order valence-electron chi connectivity index (χ2n) is 5.08. The molecule has 1 saturated heterocycles. The monoisotopic (exact) mass is 282 g/mol. The van der Waals surface area contributed by atoms with Crippen LogP contribution in [0.4, 0.5) is 0 Å². The molecule has 0 spiro atoms. The quantitative estimate of drug-likeness (QED) is 0.862. The maximum absolute atomic E-state index is 9.73. The van der Waals surface area contributed by atoms with Crippen molar-refractivity contribution < 1.29 is 10.2 Å². The third kappa shape index (κ3) is 2.10. The van der Waals surface area contributed by atoms with E-state index >= 15 is 0 Å². The normalized spacial score (nSPS) is 23.6. The van der Waals surface area contributed by atoms with Gasteiger partial charge >= 0.3 is 0 Å². The molecule has 1 saturated carbocycles. The van der Waals surface area contributed by atoms with Crippen LogP contribution in [0.1, 0.15) is 31.2 Å². The third-order valence-electron chi connectivity index (χ3n) is 3.91. The van der Waals surface area contributed by atoms with Gasteiger partial charge in [0.1, 0.15) is 11.5 Å². The Morgan fingerprint density at radius 2 is 1.50 bits per heavy atom. The zero-order valence-corrected chi connectivity index (χ0v) is 11.9. The van der Waals surface area contributed by atoms with Gasteiger partial charge in [-0.05, 0) is 36.5 Å². The van der Waals surface area contributed by atoms with E-state index in [4.69, 9.17) is 0 Å². The highest BCUT2D eigenvalue weighted by Gasteiger charge is 2.45. The van der Waals surface area contributed by atoms with Crippen LogP contribution < -0.4 is 0 Å². The van der Waals surface area contributed by atoms with Gasteiger partial charge in [0.25, 0.3) is 0 Å². The van der Waals surface area contributed by atoms with E-state index in [1.165, 1.54) is 31.7 Å². The lowest BCUT2D eigenvalue weighted by atomic mass is 9.96. The maximum atomic E-state index is 9.73. The predicted octanol–water partition coefficient (Wildman–Crippen LogP) is 3.92. The highest BCUT2D eigenvalue weighted by Crippen LogP contribution is 2.61. The van der Waals surface area contributed by atoms with Gasteiger partial charge in [-0.15, -0.1) is 23.5 Å². The number of phenols is 2. The SMILES string of the molecule is Oc1cc(O)cc(C2(C3CCCC3)SCCS2)c1. The van der Waals surface area contributed by atoms with Crippen LogP contribution in [0.2, 0.25) is 0 Å². The van der Waals surface area contributed by atoms with Crippen molar-refractivity contribution >= 4 is 23.5 Å². The minimum Gasteiger partial charge on any atom is -0.508 e. The van der Waals surface area contributed by atoms with Crippen molar-refractivity contribution in [2.45, 2.75) is 29.8 Å². The fourth-order valence-corrected chi connectivity index (χ4v) is 6.79. The van der Waals surface area contributed by atoms with Gasteiger partial charge in [-0.3, -0.25) is 0 Å². The zero-order valence-electron chi connectivity index (χ0n) is 10.3. The van der Waals surface area contributed by atoms with E-state index in [2.05, 4.69) is 0 Å². The number of benzene rings is 1. The van der Waals surface area contributed by atoms with Crippen LogP contribution in [0, 0.1) is 5.92 Å². The molecule has 0 bridgehead atoms. The summed E-state index contributed by atoms with van der Waals surface area (Å²) in [6.45, 7) is 0. The van der Waals surface area contributed by atoms with Gasteiger partial charge in [0.05, 0.1) is 4.08 Å². The standard InChI is InChI=1S/C14H18O2S2/c15-12-7-11(8-13(16)9-12)14(17-5-6-18-14)10-3-1-2-4-10/h7-10,15-16H,1-6H2. The summed E-state index contributed by atoms with van der Waals surface area (Å²) in [5, 5.41) is 19.5. The van der Waals surface area contributed by atoms with E-state index in [9.17, 15) is 10.2 Å². The molecule has 4 heteroatoms. The van der Waals surface area contributed by atoms with Crippen molar-refractivity contribution in [2.75, 3.05) is 11.5 Å². The Bertz CT molecular complexity index is 415. The fraction of sp³-hybridized carbons (Fsp3) is 0.571. The summed E-state index contributed by atoms with van der Waals surface area (Å²) < 4.78 is 0.0622. The molecule has 0 aromatic heterocycles. The molecule has 1 heterocycles. The van der Waals surface area contributed by atoms with Crippen LogP contribution in [0.5, 0.6) is 11.5 Å². The summed E-state index contributed by atoms with van der Waals surface area (Å²) >= 11 is 4.00. The van der Waals surface area contributed by atoms with Crippen LogP contribution in [-0.4, -0.2) is 21.7 Å². The van der Waals surface area contributed by atoms with E-state index in [1.54, 1.807) is 0 Å². The molecule has 2 aliphatic rings. The Kier molecular flexibility index (Phi) is 3.41. The second-order valence-corrected chi connectivity index (χ2v) is 8.02. The average Bonchev–Trinajstić information content (AvgIpc) is 3.00. The van der Waals surface area contributed by atoms with E-state index in [-0.39, 0.29) is 15.6 Å². The molecule has 2 nitrogen and oxygen atoms in total. The van der Waals surface area contributed by atoms with Crippen LogP contribution in [0.15, 0.2) is 18.2 Å². The summed E-state index contributed by atoms with van der Waals surface area (Å²) in [6, 6.07) is 5.09. The lowest BCUT2D eigenvalue weighted by Gasteiger charge is -2.34. The number of aromatic hydroxyl groups is 2. The van der Waals surface area contributed by atoms with Gasteiger partial charge in [-0.1, -0.05) is 12.8 Å². The highest BCUT2D eigenvalue weighted by molar-refractivity contribution is 8.20. The summed E-state index contributed by atoms with van der Waals surface area (Å²) in [5.41, 5.74) is 1.10. The third-order valence-corrected chi connectivity index (χ3v) is 7.69. The summed E-state index contributed by atoms with van der Waals surface area (Å²) in [5.74, 6) is 3.36. The van der Waals surface area contributed by atoms with Crippen LogP contribution in [-0.2, 0) is 4.08 Å². The first kappa shape index (κ1) is 12.5. The number of phenolic OH excluding ortho intramolecular Hbond substituents is 2. The molecule has 18 heavy (non-hydrogen) atoms. The average molecular weight is 282 g/mol. The predicted molar refractivity (Wildman–Crippen MR) is 78.3 cm³/mol. The maximum Gasteiger partial charge on any atom is 0.119 e. The lowest BCUT2D eigenvalue weighted by Crippen LogP contribution is -2.24. The molecule has 2 N–H and O–H groups in total. The largest absolute Gasteiger partial charge is 0.508 e. The fourth-order valence-electron chi connectivity index (χ4n) is 3.17. The van der Waals surface area contributed by atoms with Gasteiger partial charge < -0.3 is 10.2 Å². The van der Waals surface area contributed by atoms with E-state index in [0.29, 0.717) is 5.92 Å². The molecule has 2 fully saturated rings. The Balaban J connectivity index is 2.02. The number of hydrogen-bond acceptors (Lipinski definition) is 4. The molecule has 1 aliphatic carbocycles. The van der Waals surface area contributed by atoms with Gasteiger partial charge in [0.2, 0.25) is 0 Å². The first-order chi connectivity index (χ1) is 8.71. The van der Waals surface area contributed by atoms with Crippen molar-refractivity contribution in [2.24, 2.45) is 5.92 Å². The Hall–Kier alpha value is -0.480. The van der Waals surface area contributed by atoms with Crippen molar-refractivity contribution in [1.29, 1.82) is 0 Å². The first-order valence-corrected chi connectivity index (χ1v) is 8.49. The molecular weight excluding hydrogens is 264 g/mol. The number of hydrogen-bond donors (Lipinski definition) is 2. The molecule has 1 aliphatic heterocycles. The first-order valence-electron chi connectivity index (χ1n) is 6.52. The van der Waals surface area contributed by atoms with Gasteiger partial charge in [-0.2, -0.15) is 0 Å². The van der Waals surface area contributed by atoms with Crippen molar-refractivity contribution in [3.05, 3.63) is 23.8 Å². The van der Waals surface area contributed by atoms with E-state index in [0.717, 1.165) is 17.1 Å². The smallest absolute Gasteiger partial charge is 0.119 e. The summed E-state index contributed by atoms with van der Waals surface area (Å²) in [7, 11) is 0. The lowest BCUT2D eigenvalue weighted by molar-refractivity contribution is 0.444. The Morgan fingerprint density at radius 3 is 2.06 bits per heavy atom. The summed E-state index contributed by atoms with van der Waals surface area (Å²) in [4.78, 5) is 0. The molecule has 98 valence electrons. The Morgan fingerprint density at radius 1 is 0.944 bits per heavy atom. The molecular formula is C14H18O2S2. The van der Waals surface area contributed by atoms with Gasteiger partial charge in [0.15, 0.2) is 0 Å². The minimum atomic E-state index is 0.0622.